The summed E-state index contributed by atoms with van der Waals surface area (Å²) < 4.78 is 5.39. The van der Waals surface area contributed by atoms with Crippen LogP contribution < -0.4 is 9.80 Å². The van der Waals surface area contributed by atoms with Crippen LogP contribution in [0.15, 0.2) is 48.5 Å². The molecule has 0 aromatic heterocycles. The van der Waals surface area contributed by atoms with Gasteiger partial charge in [0.1, 0.15) is 0 Å². The molecule has 24 heavy (non-hydrogen) atoms. The van der Waals surface area contributed by atoms with E-state index in [-0.39, 0.29) is 11.9 Å². The van der Waals surface area contributed by atoms with Crippen LogP contribution in [0.5, 0.6) is 0 Å². The quantitative estimate of drug-likeness (QED) is 0.852. The van der Waals surface area contributed by atoms with Crippen molar-refractivity contribution in [3.05, 3.63) is 59.7 Å². The molecule has 2 aliphatic rings. The highest BCUT2D eigenvalue weighted by Gasteiger charge is 2.31. The zero-order valence-corrected chi connectivity index (χ0v) is 13.9. The van der Waals surface area contributed by atoms with Gasteiger partial charge in [-0.3, -0.25) is 4.79 Å². The van der Waals surface area contributed by atoms with E-state index in [1.807, 2.05) is 47.4 Å². The summed E-state index contributed by atoms with van der Waals surface area (Å²) >= 11 is 0. The molecule has 4 nitrogen and oxygen atoms in total. The number of anilines is 2. The highest BCUT2D eigenvalue weighted by atomic mass is 16.5. The van der Waals surface area contributed by atoms with Gasteiger partial charge in [0, 0.05) is 36.1 Å². The molecule has 4 rings (SSSR count). The van der Waals surface area contributed by atoms with E-state index in [9.17, 15) is 4.79 Å². The first kappa shape index (κ1) is 15.2. The van der Waals surface area contributed by atoms with Gasteiger partial charge < -0.3 is 14.5 Å². The van der Waals surface area contributed by atoms with E-state index in [1.165, 1.54) is 5.56 Å². The second-order valence-electron chi connectivity index (χ2n) is 6.50. The number of ether oxygens (including phenoxy) is 1. The highest BCUT2D eigenvalue weighted by Crippen LogP contribution is 2.33. The van der Waals surface area contributed by atoms with Gasteiger partial charge in [0.15, 0.2) is 0 Å². The summed E-state index contributed by atoms with van der Waals surface area (Å²) in [6.07, 6.45) is 0.924. The minimum absolute atomic E-state index is 0.0842. The van der Waals surface area contributed by atoms with Crippen molar-refractivity contribution in [1.29, 1.82) is 0 Å². The number of rotatable bonds is 2. The van der Waals surface area contributed by atoms with E-state index in [4.69, 9.17) is 4.74 Å². The summed E-state index contributed by atoms with van der Waals surface area (Å²) in [6, 6.07) is 16.4. The zero-order chi connectivity index (χ0) is 16.5. The smallest absolute Gasteiger partial charge is 0.258 e. The number of para-hydroxylation sites is 1. The van der Waals surface area contributed by atoms with Crippen LogP contribution in [0.2, 0.25) is 0 Å². The Morgan fingerprint density at radius 3 is 2.50 bits per heavy atom. The third kappa shape index (κ3) is 2.67. The van der Waals surface area contributed by atoms with Crippen molar-refractivity contribution in [2.75, 3.05) is 36.1 Å². The first-order chi connectivity index (χ1) is 11.7. The van der Waals surface area contributed by atoms with Gasteiger partial charge in [-0.25, -0.2) is 0 Å². The van der Waals surface area contributed by atoms with Gasteiger partial charge >= 0.3 is 0 Å². The molecular formula is C20H22N2O2. The molecule has 0 unspecified atom stereocenters. The fourth-order valence-electron chi connectivity index (χ4n) is 3.65. The first-order valence-corrected chi connectivity index (χ1v) is 8.58. The van der Waals surface area contributed by atoms with Gasteiger partial charge in [-0.15, -0.1) is 0 Å². The average Bonchev–Trinajstić information content (AvgIpc) is 2.98. The summed E-state index contributed by atoms with van der Waals surface area (Å²) in [4.78, 5) is 17.2. The number of nitrogens with zero attached hydrogens (tertiary/aromatic N) is 2. The monoisotopic (exact) mass is 322 g/mol. The third-order valence-corrected chi connectivity index (χ3v) is 4.92. The lowest BCUT2D eigenvalue weighted by Gasteiger charge is -2.29. The fourth-order valence-corrected chi connectivity index (χ4v) is 3.65. The Bertz CT molecular complexity index is 736. The molecule has 2 heterocycles. The normalized spacial score (nSPS) is 20.1. The van der Waals surface area contributed by atoms with Crippen molar-refractivity contribution in [3.63, 3.8) is 0 Å². The van der Waals surface area contributed by atoms with Crippen molar-refractivity contribution in [2.24, 2.45) is 0 Å². The van der Waals surface area contributed by atoms with Crippen molar-refractivity contribution in [2.45, 2.75) is 19.4 Å². The average molecular weight is 322 g/mol. The highest BCUT2D eigenvalue weighted by molar-refractivity contribution is 6.07. The van der Waals surface area contributed by atoms with Crippen LogP contribution in [-0.4, -0.2) is 38.3 Å². The molecule has 124 valence electrons. The van der Waals surface area contributed by atoms with Crippen LogP contribution in [0.1, 0.15) is 22.8 Å². The van der Waals surface area contributed by atoms with Crippen LogP contribution in [-0.2, 0) is 11.2 Å². The standard InChI is InChI=1S/C20H22N2O2/c1-15-14-17-4-2-3-5-19(17)22(15)20(23)16-6-8-18(9-7-16)21-10-12-24-13-11-21/h2-9,15H,10-14H2,1H3/t15-/m1/s1. The Morgan fingerprint density at radius 1 is 1.04 bits per heavy atom. The summed E-state index contributed by atoms with van der Waals surface area (Å²) in [5.74, 6) is 0.0842. The van der Waals surface area contributed by atoms with Crippen molar-refractivity contribution < 1.29 is 9.53 Å². The number of hydrogen-bond donors (Lipinski definition) is 0. The maximum Gasteiger partial charge on any atom is 0.258 e. The van der Waals surface area contributed by atoms with E-state index in [1.54, 1.807) is 0 Å². The van der Waals surface area contributed by atoms with E-state index in [2.05, 4.69) is 17.9 Å². The van der Waals surface area contributed by atoms with Crippen molar-refractivity contribution >= 4 is 17.3 Å². The Hall–Kier alpha value is -2.33. The van der Waals surface area contributed by atoms with Gasteiger partial charge in [0.25, 0.3) is 5.91 Å². The van der Waals surface area contributed by atoms with E-state index in [0.717, 1.165) is 49.7 Å². The summed E-state index contributed by atoms with van der Waals surface area (Å²) in [5.41, 5.74) is 4.20. The predicted octanol–water partition coefficient (Wildman–Crippen LogP) is 3.11. The Labute approximate surface area is 142 Å². The molecule has 0 saturated carbocycles. The first-order valence-electron chi connectivity index (χ1n) is 8.58. The maximum absolute atomic E-state index is 13.0. The minimum atomic E-state index is 0.0842. The number of fused-ring (bicyclic) bond motifs is 1. The van der Waals surface area contributed by atoms with Gasteiger partial charge in [0.2, 0.25) is 0 Å². The maximum atomic E-state index is 13.0. The third-order valence-electron chi connectivity index (χ3n) is 4.92. The topological polar surface area (TPSA) is 32.8 Å². The molecule has 2 aromatic carbocycles. The molecule has 0 aliphatic carbocycles. The van der Waals surface area contributed by atoms with Crippen LogP contribution in [0.25, 0.3) is 0 Å². The zero-order valence-electron chi connectivity index (χ0n) is 13.9. The van der Waals surface area contributed by atoms with Crippen LogP contribution in [0, 0.1) is 0 Å². The lowest BCUT2D eigenvalue weighted by molar-refractivity contribution is 0.0981. The number of morpholine rings is 1. The molecule has 1 saturated heterocycles. The molecule has 0 N–H and O–H groups in total. The second kappa shape index (κ2) is 6.29. The number of amides is 1. The number of hydrogen-bond acceptors (Lipinski definition) is 3. The van der Waals surface area contributed by atoms with E-state index in [0.29, 0.717) is 0 Å². The molecule has 0 spiro atoms. The SMILES string of the molecule is C[C@@H]1Cc2ccccc2N1C(=O)c1ccc(N2CCOCC2)cc1. The van der Waals surface area contributed by atoms with Gasteiger partial charge in [0.05, 0.1) is 13.2 Å². The molecule has 1 atom stereocenters. The van der Waals surface area contributed by atoms with Crippen LogP contribution in [0.3, 0.4) is 0 Å². The molecule has 2 aliphatic heterocycles. The Balaban J connectivity index is 1.56. The van der Waals surface area contributed by atoms with E-state index < -0.39 is 0 Å². The minimum Gasteiger partial charge on any atom is -0.378 e. The molecule has 2 aromatic rings. The summed E-state index contributed by atoms with van der Waals surface area (Å²) in [5, 5.41) is 0. The number of carbonyl (C=O) groups is 1. The largest absolute Gasteiger partial charge is 0.378 e. The lowest BCUT2D eigenvalue weighted by Crippen LogP contribution is -2.37. The second-order valence-corrected chi connectivity index (χ2v) is 6.50. The Morgan fingerprint density at radius 2 is 1.75 bits per heavy atom. The van der Waals surface area contributed by atoms with Crippen LogP contribution in [0.4, 0.5) is 11.4 Å². The molecule has 1 amide bonds. The molecule has 0 radical (unpaired) electrons. The van der Waals surface area contributed by atoms with Gasteiger partial charge in [-0.05, 0) is 49.2 Å². The molecule has 1 fully saturated rings. The number of benzene rings is 2. The fraction of sp³-hybridized carbons (Fsp3) is 0.350. The van der Waals surface area contributed by atoms with Gasteiger partial charge in [-0.1, -0.05) is 18.2 Å². The molecular weight excluding hydrogens is 300 g/mol. The number of carbonyl (C=O) groups excluding carboxylic acids is 1. The summed E-state index contributed by atoms with van der Waals surface area (Å²) in [6.45, 7) is 5.46. The predicted molar refractivity (Wildman–Crippen MR) is 95.9 cm³/mol. The van der Waals surface area contributed by atoms with Crippen LogP contribution >= 0.6 is 0 Å². The molecule has 4 heteroatoms. The molecule has 0 bridgehead atoms. The van der Waals surface area contributed by atoms with E-state index >= 15 is 0 Å². The van der Waals surface area contributed by atoms with Gasteiger partial charge in [-0.2, -0.15) is 0 Å². The van der Waals surface area contributed by atoms with Crippen molar-refractivity contribution in [3.8, 4) is 0 Å². The lowest BCUT2D eigenvalue weighted by atomic mass is 10.1. The summed E-state index contributed by atoms with van der Waals surface area (Å²) in [7, 11) is 0. The van der Waals surface area contributed by atoms with Crippen molar-refractivity contribution in [1.82, 2.24) is 0 Å². The Kier molecular flexibility index (Phi) is 3.98.